The Morgan fingerprint density at radius 3 is 1.57 bits per heavy atom. The highest BCUT2D eigenvalue weighted by atomic mass is 32.2. The Bertz CT molecular complexity index is 1340. The van der Waals surface area contributed by atoms with Gasteiger partial charge in [-0.05, 0) is 87.7 Å². The number of unbranched alkanes of at least 4 members (excludes halogenated alkanes) is 1. The van der Waals surface area contributed by atoms with E-state index in [1.165, 1.54) is 6.92 Å². The summed E-state index contributed by atoms with van der Waals surface area (Å²) in [5.41, 5.74) is -8.97. The number of allylic oxidation sites excluding steroid dienone is 2. The minimum absolute atomic E-state index is 0.000647. The van der Waals surface area contributed by atoms with E-state index < -0.39 is 55.0 Å². The maximum absolute atomic E-state index is 12.4. The SMILES string of the molecule is C=C(OS(=O)(=O)C(F)(F)F)[C@H](C)CC(C)CC[C@@H]1O[C@@H](CCCC)CC1=C.C=C(OS(=O)(=O)C(F)(F)F)[C@H](C)CC(O)CC[C@@H]1O[C@@H](CCCO)CC1=C. The maximum atomic E-state index is 12.4. The Morgan fingerprint density at radius 1 is 0.759 bits per heavy atom. The number of halogens is 6. The lowest BCUT2D eigenvalue weighted by Gasteiger charge is -2.21. The van der Waals surface area contributed by atoms with Crippen LogP contribution in [0, 0.1) is 17.8 Å². The van der Waals surface area contributed by atoms with Crippen LogP contribution < -0.4 is 0 Å². The highest BCUT2D eigenvalue weighted by Gasteiger charge is 2.50. The predicted octanol–water partition coefficient (Wildman–Crippen LogP) is 8.73. The first kappa shape index (κ1) is 49.9. The maximum Gasteiger partial charge on any atom is 0.534 e. The molecule has 2 unspecified atom stereocenters. The molecular weight excluding hydrogens is 771 g/mol. The molecule has 0 spiro atoms. The second-order valence-corrected chi connectivity index (χ2v) is 17.4. The third kappa shape index (κ3) is 16.9. The van der Waals surface area contributed by atoms with E-state index in [9.17, 15) is 48.3 Å². The van der Waals surface area contributed by atoms with E-state index in [0.29, 0.717) is 32.1 Å². The minimum Gasteiger partial charge on any atom is -0.396 e. The summed E-state index contributed by atoms with van der Waals surface area (Å²) >= 11 is 0. The molecule has 2 fully saturated rings. The van der Waals surface area contributed by atoms with Gasteiger partial charge in [0.2, 0.25) is 0 Å². The van der Waals surface area contributed by atoms with Gasteiger partial charge in [-0.3, -0.25) is 0 Å². The monoisotopic (exact) mass is 828 g/mol. The third-order valence-corrected chi connectivity index (χ3v) is 11.3. The number of hydrogen-bond acceptors (Lipinski definition) is 10. The van der Waals surface area contributed by atoms with Crippen LogP contribution in [0.3, 0.4) is 0 Å². The van der Waals surface area contributed by atoms with Crippen LogP contribution in [0.25, 0.3) is 0 Å². The molecule has 0 bridgehead atoms. The first-order chi connectivity index (χ1) is 24.7. The lowest BCUT2D eigenvalue weighted by molar-refractivity contribution is -0.0531. The van der Waals surface area contributed by atoms with Crippen LogP contribution in [0.4, 0.5) is 26.3 Å². The summed E-state index contributed by atoms with van der Waals surface area (Å²) in [6.45, 7) is 21.8. The molecule has 2 aliphatic rings. The van der Waals surface area contributed by atoms with Crippen molar-refractivity contribution in [3.05, 3.63) is 49.0 Å². The zero-order valence-electron chi connectivity index (χ0n) is 31.6. The molecule has 2 aliphatic heterocycles. The van der Waals surface area contributed by atoms with E-state index in [1.807, 2.05) is 6.92 Å². The molecule has 0 saturated carbocycles. The summed E-state index contributed by atoms with van der Waals surface area (Å²) in [7, 11) is -11.4. The standard InChI is InChI=1S/C19H31F3O4S.C17H27F3O6S/c1-6-7-8-17-12-15(4)18(25-17)10-9-13(2)11-14(3)16(5)26-27(23,24)19(20,21)22;1-11(13(3)26-27(23,24)17(18,19)20)9-14(22)6-7-16-12(2)10-15(25-16)5-4-8-21/h13-14,17-18H,4-12H2,1-3H3;11,14-16,21-22H,2-10H2,1H3/t13?,14-,17+,18+;11-,14?,15+,16+/m11/s1. The van der Waals surface area contributed by atoms with Crippen molar-refractivity contribution < 1.29 is 71.2 Å². The van der Waals surface area contributed by atoms with Crippen LogP contribution in [0.1, 0.15) is 111 Å². The molecule has 2 N–H and O–H groups in total. The Morgan fingerprint density at radius 2 is 1.17 bits per heavy atom. The number of alkyl halides is 6. The van der Waals surface area contributed by atoms with Gasteiger partial charge in [-0.15, -0.1) is 0 Å². The van der Waals surface area contributed by atoms with E-state index >= 15 is 0 Å². The molecule has 0 aromatic carbocycles. The van der Waals surface area contributed by atoms with Crippen LogP contribution in [-0.2, 0) is 38.1 Å². The van der Waals surface area contributed by atoms with Gasteiger partial charge in [-0.25, -0.2) is 0 Å². The van der Waals surface area contributed by atoms with E-state index in [1.54, 1.807) is 6.92 Å². The number of aliphatic hydroxyl groups is 2. The van der Waals surface area contributed by atoms with E-state index in [0.717, 1.165) is 56.1 Å². The summed E-state index contributed by atoms with van der Waals surface area (Å²) in [6.07, 6.45) is 8.21. The zero-order chi connectivity index (χ0) is 41.7. The minimum atomic E-state index is -5.75. The van der Waals surface area contributed by atoms with Gasteiger partial charge < -0.3 is 28.1 Å². The van der Waals surface area contributed by atoms with Gasteiger partial charge in [0, 0.05) is 18.4 Å². The average Bonchev–Trinajstić information content (AvgIpc) is 3.59. The van der Waals surface area contributed by atoms with Crippen LogP contribution >= 0.6 is 0 Å². The Hall–Kier alpha value is -2.12. The van der Waals surface area contributed by atoms with Gasteiger partial charge in [0.25, 0.3) is 0 Å². The molecule has 0 amide bonds. The fourth-order valence-corrected chi connectivity index (χ4v) is 7.15. The molecule has 0 aromatic rings. The summed E-state index contributed by atoms with van der Waals surface area (Å²) in [6, 6.07) is 0. The van der Waals surface area contributed by atoms with E-state index in [-0.39, 0.29) is 49.1 Å². The number of hydrogen-bond donors (Lipinski definition) is 2. The van der Waals surface area contributed by atoms with Crippen molar-refractivity contribution in [2.24, 2.45) is 17.8 Å². The average molecular weight is 829 g/mol. The van der Waals surface area contributed by atoms with Crippen molar-refractivity contribution in [3.8, 4) is 0 Å². The Labute approximate surface area is 316 Å². The summed E-state index contributed by atoms with van der Waals surface area (Å²) < 4.78 is 138. The molecule has 10 nitrogen and oxygen atoms in total. The largest absolute Gasteiger partial charge is 0.534 e. The van der Waals surface area contributed by atoms with Crippen LogP contribution in [0.15, 0.2) is 49.0 Å². The zero-order valence-corrected chi connectivity index (χ0v) is 33.2. The van der Waals surface area contributed by atoms with Crippen LogP contribution in [0.2, 0.25) is 0 Å². The summed E-state index contributed by atoms with van der Waals surface area (Å²) in [5, 5.41) is 18.9. The van der Waals surface area contributed by atoms with Crippen molar-refractivity contribution in [2.75, 3.05) is 6.61 Å². The smallest absolute Gasteiger partial charge is 0.396 e. The van der Waals surface area contributed by atoms with Gasteiger partial charge in [0.05, 0.1) is 30.5 Å². The molecule has 0 aliphatic carbocycles. The molecule has 2 heterocycles. The lowest BCUT2D eigenvalue weighted by Crippen LogP contribution is -2.27. The van der Waals surface area contributed by atoms with E-state index in [2.05, 4.69) is 41.6 Å². The Balaban J connectivity index is 0.000000540. The van der Waals surface area contributed by atoms with Gasteiger partial charge in [-0.2, -0.15) is 43.2 Å². The van der Waals surface area contributed by atoms with Crippen molar-refractivity contribution in [2.45, 2.75) is 153 Å². The second-order valence-electron chi connectivity index (χ2n) is 14.3. The lowest BCUT2D eigenvalue weighted by atomic mass is 9.91. The van der Waals surface area contributed by atoms with Crippen molar-refractivity contribution in [1.29, 1.82) is 0 Å². The third-order valence-electron chi connectivity index (χ3n) is 9.33. The van der Waals surface area contributed by atoms with Crippen molar-refractivity contribution >= 4 is 20.2 Å². The second kappa shape index (κ2) is 22.0. The fraction of sp³-hybridized carbons (Fsp3) is 0.778. The number of rotatable bonds is 22. The first-order valence-electron chi connectivity index (χ1n) is 18.1. The summed E-state index contributed by atoms with van der Waals surface area (Å²) in [4.78, 5) is 0. The van der Waals surface area contributed by atoms with Gasteiger partial charge in [0.15, 0.2) is 0 Å². The number of ether oxygens (including phenoxy) is 2. The quantitative estimate of drug-likeness (QED) is 0.0357. The van der Waals surface area contributed by atoms with Gasteiger partial charge >= 0.3 is 31.3 Å². The molecule has 316 valence electrons. The van der Waals surface area contributed by atoms with Crippen LogP contribution in [0.5, 0.6) is 0 Å². The van der Waals surface area contributed by atoms with Gasteiger partial charge in [-0.1, -0.05) is 66.9 Å². The molecule has 0 radical (unpaired) electrons. The molecule has 0 aromatic heterocycles. The molecule has 18 heteroatoms. The fourth-order valence-electron chi connectivity index (χ4n) is 6.07. The van der Waals surface area contributed by atoms with Crippen LogP contribution in [-0.4, -0.2) is 75.2 Å². The Kier molecular flexibility index (Phi) is 20.3. The topological polar surface area (TPSA) is 146 Å². The molecular formula is C36H58F6O10S2. The highest BCUT2D eigenvalue weighted by molar-refractivity contribution is 7.88. The molecule has 54 heavy (non-hydrogen) atoms. The highest BCUT2D eigenvalue weighted by Crippen LogP contribution is 2.35. The van der Waals surface area contributed by atoms with Gasteiger partial charge in [0.1, 0.15) is 11.5 Å². The predicted molar refractivity (Wildman–Crippen MR) is 192 cm³/mol. The van der Waals surface area contributed by atoms with E-state index in [4.69, 9.17) is 14.6 Å². The normalized spacial score (nSPS) is 23.3. The molecule has 8 atom stereocenters. The van der Waals surface area contributed by atoms with Crippen molar-refractivity contribution in [3.63, 3.8) is 0 Å². The molecule has 2 saturated heterocycles. The number of aliphatic hydroxyl groups excluding tert-OH is 2. The summed E-state index contributed by atoms with van der Waals surface area (Å²) in [5.74, 6) is -2.11. The molecule has 2 rings (SSSR count). The van der Waals surface area contributed by atoms with Crippen molar-refractivity contribution in [1.82, 2.24) is 0 Å². The first-order valence-corrected chi connectivity index (χ1v) is 20.9.